The van der Waals surface area contributed by atoms with Crippen molar-refractivity contribution in [3.63, 3.8) is 0 Å². The molecule has 18 heavy (non-hydrogen) atoms. The quantitative estimate of drug-likeness (QED) is 0.904. The molecule has 0 aliphatic carbocycles. The minimum Gasteiger partial charge on any atom is -0.345 e. The molecule has 5 heteroatoms. The molecule has 1 aromatic heterocycles. The number of hydrogen-bond donors (Lipinski definition) is 1. The van der Waals surface area contributed by atoms with Gasteiger partial charge in [0.05, 0.1) is 0 Å². The van der Waals surface area contributed by atoms with E-state index in [4.69, 9.17) is 0 Å². The highest BCUT2D eigenvalue weighted by Gasteiger charge is 2.24. The van der Waals surface area contributed by atoms with E-state index < -0.39 is 0 Å². The summed E-state index contributed by atoms with van der Waals surface area (Å²) in [7, 11) is 4.22. The largest absolute Gasteiger partial charge is 0.345 e. The Kier molecular flexibility index (Phi) is 4.59. The van der Waals surface area contributed by atoms with Crippen LogP contribution in [-0.2, 0) is 0 Å². The van der Waals surface area contributed by atoms with Crippen molar-refractivity contribution in [3.8, 4) is 0 Å². The van der Waals surface area contributed by atoms with Crippen LogP contribution in [0.15, 0.2) is 6.20 Å². The van der Waals surface area contributed by atoms with Crippen molar-refractivity contribution in [1.82, 2.24) is 15.2 Å². The number of rotatable bonds is 4. The fourth-order valence-corrected chi connectivity index (χ4v) is 3.34. The van der Waals surface area contributed by atoms with Crippen molar-refractivity contribution in [2.24, 2.45) is 0 Å². The molecule has 102 valence electrons. The Morgan fingerprint density at radius 3 is 3.00 bits per heavy atom. The van der Waals surface area contributed by atoms with E-state index in [2.05, 4.69) is 41.0 Å². The summed E-state index contributed by atoms with van der Waals surface area (Å²) in [5.41, 5.74) is 0. The van der Waals surface area contributed by atoms with Crippen LogP contribution in [0.1, 0.15) is 31.2 Å². The smallest absolute Gasteiger partial charge is 0.185 e. The van der Waals surface area contributed by atoms with Crippen LogP contribution in [0.3, 0.4) is 0 Å². The molecular weight excluding hydrogens is 244 g/mol. The number of hydrogen-bond acceptors (Lipinski definition) is 5. The Morgan fingerprint density at radius 2 is 2.33 bits per heavy atom. The zero-order valence-corrected chi connectivity index (χ0v) is 12.6. The minimum atomic E-state index is 0.394. The molecule has 1 saturated heterocycles. The van der Waals surface area contributed by atoms with Crippen LogP contribution in [0.25, 0.3) is 0 Å². The summed E-state index contributed by atoms with van der Waals surface area (Å²) in [6, 6.07) is 1.05. The van der Waals surface area contributed by atoms with Crippen LogP contribution >= 0.6 is 11.3 Å². The molecule has 4 nitrogen and oxygen atoms in total. The number of piperazine rings is 1. The van der Waals surface area contributed by atoms with Gasteiger partial charge in [-0.3, -0.25) is 4.90 Å². The second-order valence-electron chi connectivity index (χ2n) is 5.04. The lowest BCUT2D eigenvalue weighted by Gasteiger charge is -2.39. The molecule has 2 rings (SSSR count). The van der Waals surface area contributed by atoms with Crippen molar-refractivity contribution < 1.29 is 0 Å². The summed E-state index contributed by atoms with van der Waals surface area (Å²) in [4.78, 5) is 10.8. The molecule has 0 amide bonds. The zero-order chi connectivity index (χ0) is 13.1. The molecule has 2 heterocycles. The van der Waals surface area contributed by atoms with Gasteiger partial charge in [-0.15, -0.1) is 11.3 Å². The number of likely N-dealkylation sites (N-methyl/N-ethyl adjacent to an activating group) is 1. The van der Waals surface area contributed by atoms with E-state index >= 15 is 0 Å². The van der Waals surface area contributed by atoms with E-state index in [9.17, 15) is 0 Å². The molecule has 1 aliphatic heterocycles. The average Bonchev–Trinajstić information content (AvgIpc) is 2.88. The summed E-state index contributed by atoms with van der Waals surface area (Å²) in [6.45, 7) is 7.77. The minimum absolute atomic E-state index is 0.394. The van der Waals surface area contributed by atoms with Gasteiger partial charge in [-0.05, 0) is 27.4 Å². The highest BCUT2D eigenvalue weighted by molar-refractivity contribution is 7.15. The first-order chi connectivity index (χ1) is 8.65. The standard InChI is InChI=1S/C13H24N4S/c1-5-11-9-17(7-6-16(11)4)13-15-8-12(18-13)10(2)14-3/h8,10-11,14H,5-7,9H2,1-4H3. The SMILES string of the molecule is CCC1CN(c2ncc(C(C)NC)s2)CCN1C. The number of anilines is 1. The summed E-state index contributed by atoms with van der Waals surface area (Å²) >= 11 is 1.82. The van der Waals surface area contributed by atoms with Gasteiger partial charge in [0, 0.05) is 42.8 Å². The Morgan fingerprint density at radius 1 is 1.56 bits per heavy atom. The van der Waals surface area contributed by atoms with Crippen molar-refractivity contribution >= 4 is 16.5 Å². The van der Waals surface area contributed by atoms with Gasteiger partial charge in [-0.1, -0.05) is 6.92 Å². The monoisotopic (exact) mass is 268 g/mol. The van der Waals surface area contributed by atoms with Crippen LogP contribution in [0.4, 0.5) is 5.13 Å². The van der Waals surface area contributed by atoms with E-state index in [1.165, 1.54) is 16.4 Å². The fourth-order valence-electron chi connectivity index (χ4n) is 2.33. The maximum atomic E-state index is 4.59. The van der Waals surface area contributed by atoms with Crippen LogP contribution in [0.2, 0.25) is 0 Å². The maximum absolute atomic E-state index is 4.59. The van der Waals surface area contributed by atoms with Crippen LogP contribution in [0, 0.1) is 0 Å². The summed E-state index contributed by atoms with van der Waals surface area (Å²) < 4.78 is 0. The van der Waals surface area contributed by atoms with Crippen LogP contribution < -0.4 is 10.2 Å². The van der Waals surface area contributed by atoms with Crippen molar-refractivity contribution in [2.75, 3.05) is 38.6 Å². The summed E-state index contributed by atoms with van der Waals surface area (Å²) in [6.07, 6.45) is 3.22. The van der Waals surface area contributed by atoms with Gasteiger partial charge in [-0.25, -0.2) is 4.98 Å². The Labute approximate surface area is 114 Å². The molecule has 1 aromatic rings. The molecule has 0 radical (unpaired) electrons. The molecular formula is C13H24N4S. The third kappa shape index (κ3) is 2.84. The molecule has 0 spiro atoms. The average molecular weight is 268 g/mol. The number of nitrogens with one attached hydrogen (secondary N) is 1. The Hall–Kier alpha value is -0.650. The normalized spacial score (nSPS) is 23.3. The third-order valence-electron chi connectivity index (χ3n) is 3.89. The molecule has 1 fully saturated rings. The Bertz CT molecular complexity index is 379. The van der Waals surface area contributed by atoms with Gasteiger partial charge < -0.3 is 10.2 Å². The highest BCUT2D eigenvalue weighted by atomic mass is 32.1. The number of aromatic nitrogens is 1. The van der Waals surface area contributed by atoms with Gasteiger partial charge in [0.1, 0.15) is 0 Å². The van der Waals surface area contributed by atoms with Gasteiger partial charge in [0.25, 0.3) is 0 Å². The molecule has 0 aromatic carbocycles. The van der Waals surface area contributed by atoms with Gasteiger partial charge >= 0.3 is 0 Å². The van der Waals surface area contributed by atoms with E-state index in [1.54, 1.807) is 0 Å². The van der Waals surface area contributed by atoms with E-state index in [1.807, 2.05) is 24.6 Å². The van der Waals surface area contributed by atoms with Crippen molar-refractivity contribution in [2.45, 2.75) is 32.4 Å². The second-order valence-corrected chi connectivity index (χ2v) is 6.08. The summed E-state index contributed by atoms with van der Waals surface area (Å²) in [5.74, 6) is 0. The van der Waals surface area contributed by atoms with Gasteiger partial charge in [0.2, 0.25) is 0 Å². The van der Waals surface area contributed by atoms with Crippen LogP contribution in [0.5, 0.6) is 0 Å². The molecule has 2 unspecified atom stereocenters. The third-order valence-corrected chi connectivity index (χ3v) is 5.13. The fraction of sp³-hybridized carbons (Fsp3) is 0.769. The van der Waals surface area contributed by atoms with Crippen molar-refractivity contribution in [1.29, 1.82) is 0 Å². The van der Waals surface area contributed by atoms with E-state index in [0.29, 0.717) is 12.1 Å². The van der Waals surface area contributed by atoms with Crippen molar-refractivity contribution in [3.05, 3.63) is 11.1 Å². The van der Waals surface area contributed by atoms with Gasteiger partial charge in [-0.2, -0.15) is 0 Å². The molecule has 0 bridgehead atoms. The predicted octanol–water partition coefficient (Wildman–Crippen LogP) is 1.95. The van der Waals surface area contributed by atoms with Crippen LogP contribution in [-0.4, -0.2) is 49.7 Å². The lowest BCUT2D eigenvalue weighted by molar-refractivity contribution is 0.213. The van der Waals surface area contributed by atoms with Gasteiger partial charge in [0.15, 0.2) is 5.13 Å². The zero-order valence-electron chi connectivity index (χ0n) is 11.8. The predicted molar refractivity (Wildman–Crippen MR) is 78.5 cm³/mol. The number of thiazole rings is 1. The number of nitrogens with zero attached hydrogens (tertiary/aromatic N) is 3. The molecule has 1 aliphatic rings. The maximum Gasteiger partial charge on any atom is 0.185 e. The first kappa shape index (κ1) is 13.8. The molecule has 1 N–H and O–H groups in total. The summed E-state index contributed by atoms with van der Waals surface area (Å²) in [5, 5.41) is 4.45. The Balaban J connectivity index is 2.05. The molecule has 2 atom stereocenters. The second kappa shape index (κ2) is 5.99. The molecule has 0 saturated carbocycles. The lowest BCUT2D eigenvalue weighted by atomic mass is 10.1. The first-order valence-corrected chi connectivity index (χ1v) is 7.55. The lowest BCUT2D eigenvalue weighted by Crippen LogP contribution is -2.51. The highest BCUT2D eigenvalue weighted by Crippen LogP contribution is 2.28. The van der Waals surface area contributed by atoms with E-state index in [-0.39, 0.29) is 0 Å². The van der Waals surface area contributed by atoms with E-state index in [0.717, 1.165) is 19.6 Å². The topological polar surface area (TPSA) is 31.4 Å². The first-order valence-electron chi connectivity index (χ1n) is 6.73.